The first-order valence-corrected chi connectivity index (χ1v) is 6.72. The number of methoxy groups -OCH3 is 1. The fourth-order valence-electron chi connectivity index (χ4n) is 2.73. The minimum Gasteiger partial charge on any atom is -0.482 e. The summed E-state index contributed by atoms with van der Waals surface area (Å²) in [6, 6.07) is 0.139. The lowest BCUT2D eigenvalue weighted by atomic mass is 10.0. The van der Waals surface area contributed by atoms with Crippen LogP contribution in [0.3, 0.4) is 0 Å². The first kappa shape index (κ1) is 13.3. The van der Waals surface area contributed by atoms with Crippen LogP contribution in [0.25, 0.3) is 0 Å². The Morgan fingerprint density at radius 3 is 2.72 bits per heavy atom. The van der Waals surface area contributed by atoms with Crippen molar-refractivity contribution in [3.8, 4) is 0 Å². The van der Waals surface area contributed by atoms with Crippen molar-refractivity contribution < 1.29 is 9.53 Å². The Labute approximate surface area is 109 Å². The van der Waals surface area contributed by atoms with Gasteiger partial charge in [-0.25, -0.2) is 4.99 Å². The summed E-state index contributed by atoms with van der Waals surface area (Å²) in [5.74, 6) is 0.837. The highest BCUT2D eigenvalue weighted by molar-refractivity contribution is 5.95. The third-order valence-electron chi connectivity index (χ3n) is 3.82. The minimum atomic E-state index is -0.325. The van der Waals surface area contributed by atoms with Crippen LogP contribution in [-0.4, -0.2) is 48.6 Å². The van der Waals surface area contributed by atoms with E-state index in [-0.39, 0.29) is 24.0 Å². The minimum absolute atomic E-state index is 0.00917. The number of hydrogen-bond donors (Lipinski definition) is 1. The molecule has 0 spiro atoms. The summed E-state index contributed by atoms with van der Waals surface area (Å²) < 4.78 is 5.39. The molecule has 1 saturated heterocycles. The summed E-state index contributed by atoms with van der Waals surface area (Å²) in [5, 5.41) is 3.05. The molecule has 18 heavy (non-hydrogen) atoms. The quantitative estimate of drug-likeness (QED) is 0.798. The molecule has 0 aliphatic carbocycles. The Balaban J connectivity index is 2.21. The van der Waals surface area contributed by atoms with Crippen molar-refractivity contribution in [3.63, 3.8) is 0 Å². The van der Waals surface area contributed by atoms with E-state index in [1.807, 2.05) is 13.8 Å². The van der Waals surface area contributed by atoms with Gasteiger partial charge in [0, 0.05) is 12.6 Å². The molecule has 0 aromatic heterocycles. The van der Waals surface area contributed by atoms with Crippen LogP contribution in [0.2, 0.25) is 0 Å². The van der Waals surface area contributed by atoms with Crippen LogP contribution in [0, 0.1) is 5.92 Å². The molecule has 3 atom stereocenters. The predicted octanol–water partition coefficient (Wildman–Crippen LogP) is 0.996. The van der Waals surface area contributed by atoms with Gasteiger partial charge in [0.15, 0.2) is 6.17 Å². The van der Waals surface area contributed by atoms with Crippen molar-refractivity contribution in [1.29, 1.82) is 0 Å². The predicted molar refractivity (Wildman–Crippen MR) is 70.4 cm³/mol. The van der Waals surface area contributed by atoms with E-state index in [1.54, 1.807) is 7.11 Å². The van der Waals surface area contributed by atoms with E-state index in [1.165, 1.54) is 0 Å². The Morgan fingerprint density at radius 1 is 1.50 bits per heavy atom. The smallest absolute Gasteiger partial charge is 0.246 e. The van der Waals surface area contributed by atoms with E-state index < -0.39 is 0 Å². The SMILES string of the molecule is COC1=N[C@@H](C(C)C)C(=O)N[C@H]1N1CCCC1C. The van der Waals surface area contributed by atoms with Gasteiger partial charge in [0.05, 0.1) is 7.11 Å². The van der Waals surface area contributed by atoms with Gasteiger partial charge in [-0.05, 0) is 25.7 Å². The molecule has 2 rings (SSSR count). The number of ether oxygens (including phenoxy) is 1. The molecule has 1 unspecified atom stereocenters. The maximum Gasteiger partial charge on any atom is 0.246 e. The van der Waals surface area contributed by atoms with Crippen molar-refractivity contribution in [2.45, 2.75) is 51.9 Å². The molecule has 0 bridgehead atoms. The normalized spacial score (nSPS) is 33.5. The highest BCUT2D eigenvalue weighted by atomic mass is 16.5. The Kier molecular flexibility index (Phi) is 3.90. The Bertz CT molecular complexity index is 354. The van der Waals surface area contributed by atoms with Crippen LogP contribution < -0.4 is 5.32 Å². The second-order valence-electron chi connectivity index (χ2n) is 5.50. The lowest BCUT2D eigenvalue weighted by molar-refractivity contribution is -0.125. The molecular formula is C13H23N3O2. The summed E-state index contributed by atoms with van der Waals surface area (Å²) in [4.78, 5) is 18.8. The van der Waals surface area contributed by atoms with Gasteiger partial charge in [-0.15, -0.1) is 0 Å². The summed E-state index contributed by atoms with van der Waals surface area (Å²) in [5.41, 5.74) is 0. The van der Waals surface area contributed by atoms with Gasteiger partial charge >= 0.3 is 0 Å². The Morgan fingerprint density at radius 2 is 2.22 bits per heavy atom. The number of hydrogen-bond acceptors (Lipinski definition) is 4. The van der Waals surface area contributed by atoms with E-state index in [0.717, 1.165) is 19.4 Å². The van der Waals surface area contributed by atoms with Crippen molar-refractivity contribution in [1.82, 2.24) is 10.2 Å². The average Bonchev–Trinajstić information content (AvgIpc) is 2.74. The fraction of sp³-hybridized carbons (Fsp3) is 0.846. The molecule has 1 N–H and O–H groups in total. The van der Waals surface area contributed by atoms with E-state index in [4.69, 9.17) is 4.74 Å². The van der Waals surface area contributed by atoms with Crippen molar-refractivity contribution in [2.75, 3.05) is 13.7 Å². The van der Waals surface area contributed by atoms with E-state index in [2.05, 4.69) is 22.1 Å². The standard InChI is InChI=1S/C13H23N3O2/c1-8(2)10-12(17)15-11(13(14-10)18-4)16-7-5-6-9(16)3/h8-11H,5-7H2,1-4H3,(H,15,17)/t9?,10-,11-/m0/s1. The van der Waals surface area contributed by atoms with Gasteiger partial charge < -0.3 is 10.1 Å². The number of nitrogens with zero attached hydrogens (tertiary/aromatic N) is 2. The van der Waals surface area contributed by atoms with Gasteiger partial charge in [0.1, 0.15) is 6.04 Å². The molecular weight excluding hydrogens is 230 g/mol. The largest absolute Gasteiger partial charge is 0.482 e. The molecule has 0 radical (unpaired) electrons. The van der Waals surface area contributed by atoms with Gasteiger partial charge in [-0.1, -0.05) is 13.8 Å². The monoisotopic (exact) mass is 253 g/mol. The first-order valence-electron chi connectivity index (χ1n) is 6.72. The molecule has 2 heterocycles. The number of rotatable bonds is 2. The lowest BCUT2D eigenvalue weighted by Gasteiger charge is -2.36. The number of carbonyl (C=O) groups is 1. The summed E-state index contributed by atoms with van der Waals surface area (Å²) in [6.07, 6.45) is 2.14. The van der Waals surface area contributed by atoms with Crippen LogP contribution in [0.15, 0.2) is 4.99 Å². The maximum absolute atomic E-state index is 12.1. The average molecular weight is 253 g/mol. The summed E-state index contributed by atoms with van der Waals surface area (Å²) in [7, 11) is 1.63. The first-order chi connectivity index (χ1) is 8.54. The number of likely N-dealkylation sites (tertiary alicyclic amines) is 1. The molecule has 5 heteroatoms. The summed E-state index contributed by atoms with van der Waals surface area (Å²) >= 11 is 0. The van der Waals surface area contributed by atoms with Crippen molar-refractivity contribution >= 4 is 11.8 Å². The van der Waals surface area contributed by atoms with Gasteiger partial charge in [-0.2, -0.15) is 0 Å². The molecule has 2 aliphatic rings. The molecule has 102 valence electrons. The molecule has 1 fully saturated rings. The highest BCUT2D eigenvalue weighted by Gasteiger charge is 2.39. The van der Waals surface area contributed by atoms with Crippen molar-refractivity contribution in [3.05, 3.63) is 0 Å². The maximum atomic E-state index is 12.1. The topological polar surface area (TPSA) is 53.9 Å². The van der Waals surface area contributed by atoms with Gasteiger partial charge in [-0.3, -0.25) is 9.69 Å². The van der Waals surface area contributed by atoms with Gasteiger partial charge in [0.2, 0.25) is 11.8 Å². The second kappa shape index (κ2) is 5.26. The molecule has 0 aromatic carbocycles. The van der Waals surface area contributed by atoms with Crippen LogP contribution in [0.5, 0.6) is 0 Å². The summed E-state index contributed by atoms with van der Waals surface area (Å²) in [6.45, 7) is 7.17. The number of nitrogens with one attached hydrogen (secondary N) is 1. The fourth-order valence-corrected chi connectivity index (χ4v) is 2.73. The second-order valence-corrected chi connectivity index (χ2v) is 5.50. The Hall–Kier alpha value is -1.10. The molecule has 5 nitrogen and oxygen atoms in total. The number of carbonyl (C=O) groups excluding carboxylic acids is 1. The highest BCUT2D eigenvalue weighted by Crippen LogP contribution is 2.22. The van der Waals surface area contributed by atoms with Crippen LogP contribution in [0.1, 0.15) is 33.6 Å². The van der Waals surface area contributed by atoms with Crippen LogP contribution in [-0.2, 0) is 9.53 Å². The van der Waals surface area contributed by atoms with Crippen LogP contribution >= 0.6 is 0 Å². The van der Waals surface area contributed by atoms with E-state index in [0.29, 0.717) is 11.9 Å². The zero-order valence-corrected chi connectivity index (χ0v) is 11.6. The third-order valence-corrected chi connectivity index (χ3v) is 3.82. The van der Waals surface area contributed by atoms with Crippen LogP contribution in [0.4, 0.5) is 0 Å². The van der Waals surface area contributed by atoms with E-state index >= 15 is 0 Å². The third kappa shape index (κ3) is 2.36. The molecule has 1 amide bonds. The number of amides is 1. The number of aliphatic imine (C=N–C) groups is 1. The lowest BCUT2D eigenvalue weighted by Crippen LogP contribution is -2.60. The van der Waals surface area contributed by atoms with Crippen molar-refractivity contribution in [2.24, 2.45) is 10.9 Å². The molecule has 0 aromatic rings. The van der Waals surface area contributed by atoms with Gasteiger partial charge in [0.25, 0.3) is 0 Å². The van der Waals surface area contributed by atoms with E-state index in [9.17, 15) is 4.79 Å². The zero-order valence-electron chi connectivity index (χ0n) is 11.6. The molecule has 0 saturated carbocycles. The zero-order chi connectivity index (χ0) is 13.3. The molecule has 2 aliphatic heterocycles.